The van der Waals surface area contributed by atoms with Gasteiger partial charge in [0.05, 0.1) is 27.9 Å². The SMILES string of the molecule is CCOc1cccc2sc(N(CCN(C)C)C(=O)Cc3ccc(S(=O)(=O)C(C)C)cc3)nc12.Cl. The van der Waals surface area contributed by atoms with Gasteiger partial charge in [0.2, 0.25) is 5.91 Å². The molecule has 0 spiro atoms. The lowest BCUT2D eigenvalue weighted by Gasteiger charge is -2.22. The molecule has 3 aromatic rings. The van der Waals surface area contributed by atoms with Crippen molar-refractivity contribution in [2.75, 3.05) is 38.7 Å². The molecular weight excluding hydrogens is 494 g/mol. The molecular formula is C24H32ClN3O4S2. The van der Waals surface area contributed by atoms with Crippen LogP contribution < -0.4 is 9.64 Å². The molecule has 0 aliphatic carbocycles. The summed E-state index contributed by atoms with van der Waals surface area (Å²) in [6, 6.07) is 12.4. The van der Waals surface area contributed by atoms with Gasteiger partial charge in [0, 0.05) is 13.1 Å². The van der Waals surface area contributed by atoms with Crippen molar-refractivity contribution in [3.05, 3.63) is 48.0 Å². The number of hydrogen-bond acceptors (Lipinski definition) is 7. The molecule has 1 aromatic heterocycles. The van der Waals surface area contributed by atoms with Gasteiger partial charge in [0.25, 0.3) is 0 Å². The second kappa shape index (κ2) is 12.0. The first kappa shape index (κ1) is 28.0. The van der Waals surface area contributed by atoms with Crippen LogP contribution in [-0.2, 0) is 21.1 Å². The number of aromatic nitrogens is 1. The van der Waals surface area contributed by atoms with Gasteiger partial charge in [-0.25, -0.2) is 13.4 Å². The smallest absolute Gasteiger partial charge is 0.233 e. The van der Waals surface area contributed by atoms with Gasteiger partial charge in [-0.2, -0.15) is 0 Å². The van der Waals surface area contributed by atoms with Crippen LogP contribution >= 0.6 is 23.7 Å². The Morgan fingerprint density at radius 3 is 2.35 bits per heavy atom. The summed E-state index contributed by atoms with van der Waals surface area (Å²) in [4.78, 5) is 22.1. The molecule has 0 bridgehead atoms. The Labute approximate surface area is 212 Å². The zero-order valence-electron chi connectivity index (χ0n) is 20.1. The normalized spacial score (nSPS) is 11.6. The second-order valence-electron chi connectivity index (χ2n) is 8.30. The Morgan fingerprint density at radius 2 is 1.76 bits per heavy atom. The molecule has 0 saturated carbocycles. The van der Waals surface area contributed by atoms with Crippen molar-refractivity contribution in [2.45, 2.75) is 37.3 Å². The first-order chi connectivity index (χ1) is 15.6. The van der Waals surface area contributed by atoms with Gasteiger partial charge in [0.15, 0.2) is 15.0 Å². The summed E-state index contributed by atoms with van der Waals surface area (Å²) in [5, 5.41) is 0.134. The summed E-state index contributed by atoms with van der Waals surface area (Å²) in [5.41, 5.74) is 1.51. The van der Waals surface area contributed by atoms with Crippen LogP contribution in [0.2, 0.25) is 0 Å². The highest BCUT2D eigenvalue weighted by Gasteiger charge is 2.22. The molecule has 0 radical (unpaired) electrons. The lowest BCUT2D eigenvalue weighted by molar-refractivity contribution is -0.118. The molecule has 0 N–H and O–H groups in total. The summed E-state index contributed by atoms with van der Waals surface area (Å²) in [6.45, 7) is 6.96. The molecule has 0 unspecified atom stereocenters. The molecule has 1 heterocycles. The number of carbonyl (C=O) groups is 1. The van der Waals surface area contributed by atoms with Crippen LogP contribution in [0.4, 0.5) is 5.13 Å². The molecule has 2 aromatic carbocycles. The van der Waals surface area contributed by atoms with E-state index in [0.717, 1.165) is 15.8 Å². The zero-order chi connectivity index (χ0) is 24.2. The first-order valence-corrected chi connectivity index (χ1v) is 13.3. The van der Waals surface area contributed by atoms with Gasteiger partial charge < -0.3 is 9.64 Å². The number of hydrogen-bond donors (Lipinski definition) is 0. The standard InChI is InChI=1S/C24H31N3O4S2.ClH/c1-6-31-20-8-7-9-21-23(20)25-24(32-21)27(15-14-26(4)5)22(28)16-18-10-12-19(13-11-18)33(29,30)17(2)3;/h7-13,17H,6,14-16H2,1-5H3;1H. The largest absolute Gasteiger partial charge is 0.492 e. The van der Waals surface area contributed by atoms with E-state index in [1.165, 1.54) is 11.3 Å². The number of amides is 1. The maximum absolute atomic E-state index is 13.3. The van der Waals surface area contributed by atoms with Gasteiger partial charge >= 0.3 is 0 Å². The first-order valence-electron chi connectivity index (χ1n) is 10.9. The minimum absolute atomic E-state index is 0. The highest BCUT2D eigenvalue weighted by molar-refractivity contribution is 7.92. The summed E-state index contributed by atoms with van der Waals surface area (Å²) in [7, 11) is 0.576. The zero-order valence-corrected chi connectivity index (χ0v) is 22.6. The fourth-order valence-corrected chi connectivity index (χ4v) is 5.35. The van der Waals surface area contributed by atoms with E-state index in [-0.39, 0.29) is 29.6 Å². The number of anilines is 1. The van der Waals surface area contributed by atoms with E-state index in [1.807, 2.05) is 44.1 Å². The van der Waals surface area contributed by atoms with Crippen LogP contribution in [0.25, 0.3) is 10.2 Å². The van der Waals surface area contributed by atoms with Gasteiger partial charge in [-0.05, 0) is 64.7 Å². The average Bonchev–Trinajstić information content (AvgIpc) is 3.19. The minimum Gasteiger partial charge on any atom is -0.492 e. The van der Waals surface area contributed by atoms with E-state index >= 15 is 0 Å². The Bertz CT molecular complexity index is 1210. The van der Waals surface area contributed by atoms with E-state index in [0.29, 0.717) is 30.6 Å². The summed E-state index contributed by atoms with van der Waals surface area (Å²) < 4.78 is 31.4. The van der Waals surface area contributed by atoms with E-state index in [4.69, 9.17) is 9.72 Å². The Hall–Kier alpha value is -2.20. The second-order valence-corrected chi connectivity index (χ2v) is 11.8. The Morgan fingerprint density at radius 1 is 1.09 bits per heavy atom. The third-order valence-corrected chi connectivity index (χ3v) is 8.42. The Kier molecular flexibility index (Phi) is 9.87. The molecule has 7 nitrogen and oxygen atoms in total. The maximum Gasteiger partial charge on any atom is 0.233 e. The number of para-hydroxylation sites is 1. The molecule has 0 saturated heterocycles. The predicted molar refractivity (Wildman–Crippen MR) is 141 cm³/mol. The van der Waals surface area contributed by atoms with Gasteiger partial charge in [-0.1, -0.05) is 29.5 Å². The maximum atomic E-state index is 13.3. The number of fused-ring (bicyclic) bond motifs is 1. The topological polar surface area (TPSA) is 79.8 Å². The number of likely N-dealkylation sites (N-methyl/N-ethyl adjacent to an activating group) is 1. The predicted octanol–water partition coefficient (Wildman–Crippen LogP) is 4.44. The van der Waals surface area contributed by atoms with Crippen LogP contribution in [0.1, 0.15) is 26.3 Å². The third-order valence-electron chi connectivity index (χ3n) is 5.20. The highest BCUT2D eigenvalue weighted by atomic mass is 35.5. The summed E-state index contributed by atoms with van der Waals surface area (Å²) in [6.07, 6.45) is 0.156. The molecule has 0 aliphatic rings. The van der Waals surface area contributed by atoms with E-state index in [9.17, 15) is 13.2 Å². The van der Waals surface area contributed by atoms with Crippen molar-refractivity contribution in [2.24, 2.45) is 0 Å². The average molecular weight is 526 g/mol. The number of carbonyl (C=O) groups excluding carboxylic acids is 1. The van der Waals surface area contributed by atoms with Crippen molar-refractivity contribution >= 4 is 54.8 Å². The van der Waals surface area contributed by atoms with E-state index in [1.54, 1.807) is 43.0 Å². The number of ether oxygens (including phenoxy) is 1. The van der Waals surface area contributed by atoms with Crippen LogP contribution in [0.15, 0.2) is 47.4 Å². The lowest BCUT2D eigenvalue weighted by Crippen LogP contribution is -2.37. The van der Waals surface area contributed by atoms with E-state index < -0.39 is 15.1 Å². The van der Waals surface area contributed by atoms with Crippen molar-refractivity contribution in [3.63, 3.8) is 0 Å². The monoisotopic (exact) mass is 525 g/mol. The minimum atomic E-state index is -3.34. The van der Waals surface area contributed by atoms with Crippen LogP contribution in [0.5, 0.6) is 5.75 Å². The number of sulfone groups is 1. The number of nitrogens with zero attached hydrogens (tertiary/aromatic N) is 3. The number of thiazole rings is 1. The van der Waals surface area contributed by atoms with Gasteiger partial charge in [-0.3, -0.25) is 9.69 Å². The number of halogens is 1. The molecule has 3 rings (SSSR count). The molecule has 10 heteroatoms. The van der Waals surface area contributed by atoms with Crippen molar-refractivity contribution in [1.82, 2.24) is 9.88 Å². The summed E-state index contributed by atoms with van der Waals surface area (Å²) in [5.74, 6) is 0.618. The quantitative estimate of drug-likeness (QED) is 0.389. The summed E-state index contributed by atoms with van der Waals surface area (Å²) >= 11 is 1.46. The number of benzene rings is 2. The molecule has 34 heavy (non-hydrogen) atoms. The van der Waals surface area contributed by atoms with Crippen LogP contribution in [0, 0.1) is 0 Å². The van der Waals surface area contributed by atoms with Crippen molar-refractivity contribution in [3.8, 4) is 5.75 Å². The third kappa shape index (κ3) is 6.47. The fraction of sp³-hybridized carbons (Fsp3) is 0.417. The van der Waals surface area contributed by atoms with Gasteiger partial charge in [0.1, 0.15) is 11.3 Å². The molecule has 0 aliphatic heterocycles. The van der Waals surface area contributed by atoms with E-state index in [2.05, 4.69) is 0 Å². The molecule has 0 atom stereocenters. The van der Waals surface area contributed by atoms with Crippen molar-refractivity contribution in [1.29, 1.82) is 0 Å². The molecule has 0 fully saturated rings. The highest BCUT2D eigenvalue weighted by Crippen LogP contribution is 2.34. The van der Waals surface area contributed by atoms with Crippen LogP contribution in [0.3, 0.4) is 0 Å². The molecule has 186 valence electrons. The van der Waals surface area contributed by atoms with Crippen LogP contribution in [-0.4, -0.2) is 63.3 Å². The van der Waals surface area contributed by atoms with Gasteiger partial charge in [-0.15, -0.1) is 12.4 Å². The number of rotatable bonds is 10. The fourth-order valence-electron chi connectivity index (χ4n) is 3.27. The van der Waals surface area contributed by atoms with Crippen molar-refractivity contribution < 1.29 is 17.9 Å². The lowest BCUT2D eigenvalue weighted by atomic mass is 10.1. The molecule has 1 amide bonds. The Balaban J connectivity index is 0.00000408.